The van der Waals surface area contributed by atoms with E-state index in [4.69, 9.17) is 0 Å². The highest BCUT2D eigenvalue weighted by atomic mass is 15.0. The Morgan fingerprint density at radius 2 is 1.59 bits per heavy atom. The minimum Gasteiger partial charge on any atom is -0.340 e. The number of benzene rings is 1. The van der Waals surface area contributed by atoms with Crippen LogP contribution in [-0.2, 0) is 6.54 Å². The summed E-state index contributed by atoms with van der Waals surface area (Å²) in [5.74, 6) is 0.832. The van der Waals surface area contributed by atoms with Crippen LogP contribution in [-0.4, -0.2) is 6.04 Å². The summed E-state index contributed by atoms with van der Waals surface area (Å²) in [7, 11) is 0. The molecule has 0 radical (unpaired) electrons. The van der Waals surface area contributed by atoms with Gasteiger partial charge in [0, 0.05) is 11.5 Å². The molecular weight excluding hydrogens is 206 g/mol. The zero-order valence-electron chi connectivity index (χ0n) is 11.8. The van der Waals surface area contributed by atoms with Gasteiger partial charge in [-0.05, 0) is 17.8 Å². The molecule has 2 N–H and O–H groups in total. The average Bonchev–Trinajstić information content (AvgIpc) is 2.68. The van der Waals surface area contributed by atoms with Gasteiger partial charge in [0.15, 0.2) is 0 Å². The van der Waals surface area contributed by atoms with Crippen LogP contribution < -0.4 is 5.32 Å². The summed E-state index contributed by atoms with van der Waals surface area (Å²) in [4.78, 5) is 0. The van der Waals surface area contributed by atoms with Gasteiger partial charge in [0.1, 0.15) is 6.54 Å². The van der Waals surface area contributed by atoms with Crippen molar-refractivity contribution in [2.75, 3.05) is 0 Å². The summed E-state index contributed by atoms with van der Waals surface area (Å²) < 4.78 is 0. The molecule has 1 nitrogen and oxygen atoms in total. The lowest BCUT2D eigenvalue weighted by molar-refractivity contribution is -0.706. The maximum atomic E-state index is 2.50. The molecule has 1 aliphatic rings. The standard InChI is InChI=1S/C16H25N/c1-12(14-15(2,3)16(14,4)5)17-11-13-9-7-6-8-10-13/h6-10,12,14,17H,11H2,1-5H3/p+1/t12-/m0/s1. The van der Waals surface area contributed by atoms with Gasteiger partial charge in [0.25, 0.3) is 0 Å². The SMILES string of the molecule is C[C@H]([NH2+]Cc1ccccc1)C1C(C)(C)C1(C)C. The smallest absolute Gasteiger partial charge is 0.101 e. The van der Waals surface area contributed by atoms with Crippen molar-refractivity contribution < 1.29 is 5.32 Å². The predicted octanol–water partition coefficient (Wildman–Crippen LogP) is 2.82. The molecule has 1 atom stereocenters. The summed E-state index contributed by atoms with van der Waals surface area (Å²) in [6, 6.07) is 11.5. The van der Waals surface area contributed by atoms with E-state index in [1.54, 1.807) is 0 Å². The molecule has 1 aromatic carbocycles. The van der Waals surface area contributed by atoms with E-state index in [1.807, 2.05) is 0 Å². The zero-order valence-corrected chi connectivity index (χ0v) is 11.8. The molecule has 1 fully saturated rings. The molecule has 0 heterocycles. The highest BCUT2D eigenvalue weighted by Crippen LogP contribution is 2.69. The van der Waals surface area contributed by atoms with Crippen molar-refractivity contribution in [3.8, 4) is 0 Å². The van der Waals surface area contributed by atoms with Crippen LogP contribution >= 0.6 is 0 Å². The van der Waals surface area contributed by atoms with Crippen LogP contribution in [0.25, 0.3) is 0 Å². The van der Waals surface area contributed by atoms with Gasteiger partial charge in [0.05, 0.1) is 6.04 Å². The first-order valence-corrected chi connectivity index (χ1v) is 6.74. The average molecular weight is 232 g/mol. The molecule has 0 unspecified atom stereocenters. The van der Waals surface area contributed by atoms with Crippen LogP contribution in [0.2, 0.25) is 0 Å². The molecule has 1 aromatic rings. The van der Waals surface area contributed by atoms with Gasteiger partial charge < -0.3 is 5.32 Å². The molecule has 1 heteroatoms. The molecule has 0 bridgehead atoms. The van der Waals surface area contributed by atoms with E-state index in [0.717, 1.165) is 12.5 Å². The molecule has 94 valence electrons. The second kappa shape index (κ2) is 4.13. The Labute approximate surface area is 106 Å². The Morgan fingerprint density at radius 3 is 2.06 bits per heavy atom. The van der Waals surface area contributed by atoms with Gasteiger partial charge in [-0.2, -0.15) is 0 Å². The van der Waals surface area contributed by atoms with Crippen molar-refractivity contribution in [3.05, 3.63) is 35.9 Å². The highest BCUT2D eigenvalue weighted by molar-refractivity contribution is 5.15. The highest BCUT2D eigenvalue weighted by Gasteiger charge is 2.67. The van der Waals surface area contributed by atoms with E-state index in [-0.39, 0.29) is 0 Å². The van der Waals surface area contributed by atoms with Crippen LogP contribution in [0, 0.1) is 16.7 Å². The van der Waals surface area contributed by atoms with E-state index < -0.39 is 0 Å². The fourth-order valence-electron chi connectivity index (χ4n) is 3.63. The van der Waals surface area contributed by atoms with Crippen LogP contribution in [0.15, 0.2) is 30.3 Å². The molecule has 0 spiro atoms. The van der Waals surface area contributed by atoms with Crippen molar-refractivity contribution in [1.29, 1.82) is 0 Å². The maximum Gasteiger partial charge on any atom is 0.101 e. The van der Waals surface area contributed by atoms with E-state index >= 15 is 0 Å². The Bertz CT molecular complexity index is 364. The third-order valence-electron chi connectivity index (χ3n) is 5.23. The first kappa shape index (κ1) is 12.6. The van der Waals surface area contributed by atoms with E-state index in [1.165, 1.54) is 5.56 Å². The van der Waals surface area contributed by atoms with E-state index in [2.05, 4.69) is 70.3 Å². The molecule has 0 aliphatic heterocycles. The summed E-state index contributed by atoms with van der Waals surface area (Å²) >= 11 is 0. The van der Waals surface area contributed by atoms with Gasteiger partial charge in [-0.3, -0.25) is 0 Å². The molecular formula is C16H26N+. The number of hydrogen-bond acceptors (Lipinski definition) is 0. The molecule has 0 amide bonds. The van der Waals surface area contributed by atoms with Gasteiger partial charge in [-0.1, -0.05) is 58.0 Å². The normalized spacial score (nSPS) is 23.4. The second-order valence-corrected chi connectivity index (χ2v) is 6.71. The first-order chi connectivity index (χ1) is 7.87. The molecule has 0 aromatic heterocycles. The second-order valence-electron chi connectivity index (χ2n) is 6.71. The minimum atomic E-state index is 0.500. The molecule has 0 saturated heterocycles. The fraction of sp³-hybridized carbons (Fsp3) is 0.625. The van der Waals surface area contributed by atoms with E-state index in [0.29, 0.717) is 16.9 Å². The van der Waals surface area contributed by atoms with Crippen molar-refractivity contribution >= 4 is 0 Å². The first-order valence-electron chi connectivity index (χ1n) is 6.74. The summed E-state index contributed by atoms with van der Waals surface area (Å²) in [5, 5.41) is 2.50. The van der Waals surface area contributed by atoms with Gasteiger partial charge in [-0.25, -0.2) is 0 Å². The maximum absolute atomic E-state index is 2.50. The molecule has 17 heavy (non-hydrogen) atoms. The zero-order chi connectivity index (χ0) is 12.7. The fourth-order valence-corrected chi connectivity index (χ4v) is 3.63. The Hall–Kier alpha value is -0.820. The van der Waals surface area contributed by atoms with Crippen molar-refractivity contribution in [2.45, 2.75) is 47.2 Å². The summed E-state index contributed by atoms with van der Waals surface area (Å²) in [6.07, 6.45) is 0. The quantitative estimate of drug-likeness (QED) is 0.822. The topological polar surface area (TPSA) is 16.6 Å². The van der Waals surface area contributed by atoms with Crippen molar-refractivity contribution in [1.82, 2.24) is 0 Å². The van der Waals surface area contributed by atoms with Crippen molar-refractivity contribution in [3.63, 3.8) is 0 Å². The van der Waals surface area contributed by atoms with Gasteiger partial charge in [0.2, 0.25) is 0 Å². The predicted molar refractivity (Wildman–Crippen MR) is 72.6 cm³/mol. The molecule has 1 aliphatic carbocycles. The van der Waals surface area contributed by atoms with Crippen LogP contribution in [0.5, 0.6) is 0 Å². The third kappa shape index (κ3) is 2.13. The Kier molecular flexibility index (Phi) is 3.07. The number of quaternary nitrogens is 1. The van der Waals surface area contributed by atoms with Crippen LogP contribution in [0.4, 0.5) is 0 Å². The lowest BCUT2D eigenvalue weighted by Gasteiger charge is -2.12. The third-order valence-corrected chi connectivity index (χ3v) is 5.23. The van der Waals surface area contributed by atoms with Crippen LogP contribution in [0.3, 0.4) is 0 Å². The summed E-state index contributed by atoms with van der Waals surface area (Å²) in [6.45, 7) is 13.1. The molecule has 1 saturated carbocycles. The Balaban J connectivity index is 1.90. The summed E-state index contributed by atoms with van der Waals surface area (Å²) in [5.41, 5.74) is 2.43. The Morgan fingerprint density at radius 1 is 1.06 bits per heavy atom. The number of rotatable bonds is 4. The lowest BCUT2D eigenvalue weighted by atomic mass is 10.0. The van der Waals surface area contributed by atoms with Gasteiger partial charge >= 0.3 is 0 Å². The largest absolute Gasteiger partial charge is 0.340 e. The number of hydrogen-bond donors (Lipinski definition) is 1. The van der Waals surface area contributed by atoms with E-state index in [9.17, 15) is 0 Å². The molecule has 2 rings (SSSR count). The lowest BCUT2D eigenvalue weighted by Crippen LogP contribution is -2.88. The van der Waals surface area contributed by atoms with Crippen LogP contribution in [0.1, 0.15) is 40.2 Å². The number of nitrogens with two attached hydrogens (primary N) is 1. The minimum absolute atomic E-state index is 0.500. The monoisotopic (exact) mass is 232 g/mol. The van der Waals surface area contributed by atoms with Gasteiger partial charge in [-0.15, -0.1) is 0 Å². The van der Waals surface area contributed by atoms with Crippen molar-refractivity contribution in [2.24, 2.45) is 16.7 Å².